The second kappa shape index (κ2) is 10.6. The van der Waals surface area contributed by atoms with Crippen LogP contribution in [0.25, 0.3) is 10.9 Å². The van der Waals surface area contributed by atoms with E-state index in [9.17, 15) is 5.11 Å². The number of fused-ring (bicyclic) bond motifs is 1. The largest absolute Gasteiger partial charge is 0.497 e. The van der Waals surface area contributed by atoms with Gasteiger partial charge in [-0.2, -0.15) is 0 Å². The molecule has 1 N–H and O–H groups in total. The molecule has 2 heterocycles. The van der Waals surface area contributed by atoms with Crippen molar-refractivity contribution in [1.29, 1.82) is 0 Å². The fourth-order valence-electron chi connectivity index (χ4n) is 4.10. The highest BCUT2D eigenvalue weighted by atomic mass is 16.5. The van der Waals surface area contributed by atoms with Gasteiger partial charge in [0, 0.05) is 50.9 Å². The number of ether oxygens (including phenoxy) is 2. The third-order valence-corrected chi connectivity index (χ3v) is 5.87. The summed E-state index contributed by atoms with van der Waals surface area (Å²) in [6.45, 7) is 6.36. The Labute approximate surface area is 184 Å². The summed E-state index contributed by atoms with van der Waals surface area (Å²) < 4.78 is 11.1. The first kappa shape index (κ1) is 21.6. The molecule has 1 atom stereocenters. The fraction of sp³-hybridized carbons (Fsp3) is 0.400. The van der Waals surface area contributed by atoms with Gasteiger partial charge in [0.05, 0.1) is 25.3 Å². The van der Waals surface area contributed by atoms with Gasteiger partial charge in [0.25, 0.3) is 0 Å². The topological polar surface area (TPSA) is 58.1 Å². The Bertz CT molecular complexity index is 959. The number of aliphatic hydroxyl groups excluding tert-OH is 1. The lowest BCUT2D eigenvalue weighted by molar-refractivity contribution is 0.0714. The van der Waals surface area contributed by atoms with Crippen molar-refractivity contribution in [2.45, 2.75) is 12.5 Å². The number of methoxy groups -OCH3 is 1. The number of nitrogens with zero attached hydrogens (tertiary/aromatic N) is 3. The van der Waals surface area contributed by atoms with Crippen molar-refractivity contribution in [3.63, 3.8) is 0 Å². The standard InChI is InChI=1S/C25H31N3O3/c1-30-21-8-9-24-23(18-21)22(10-11-26-24)25(29)19-28-15-13-27(14-16-28)12-5-17-31-20-6-3-2-4-7-20/h2-4,6-11,18,25,29H,5,12-17,19H2,1H3. The maximum atomic E-state index is 10.9. The highest BCUT2D eigenvalue weighted by molar-refractivity contribution is 5.83. The van der Waals surface area contributed by atoms with Crippen molar-refractivity contribution in [2.24, 2.45) is 0 Å². The van der Waals surface area contributed by atoms with Crippen LogP contribution >= 0.6 is 0 Å². The molecule has 1 unspecified atom stereocenters. The third kappa shape index (κ3) is 5.73. The Balaban J connectivity index is 1.24. The van der Waals surface area contributed by atoms with Crippen LogP contribution in [0.15, 0.2) is 60.8 Å². The molecule has 3 aromatic rings. The summed E-state index contributed by atoms with van der Waals surface area (Å²) in [6.07, 6.45) is 2.23. The van der Waals surface area contributed by atoms with Gasteiger partial charge in [-0.25, -0.2) is 0 Å². The molecule has 4 rings (SSSR count). The molecule has 0 radical (unpaired) electrons. The zero-order valence-electron chi connectivity index (χ0n) is 18.1. The number of aliphatic hydroxyl groups is 1. The van der Waals surface area contributed by atoms with Crippen LogP contribution < -0.4 is 9.47 Å². The molecule has 6 heteroatoms. The van der Waals surface area contributed by atoms with Gasteiger partial charge in [-0.1, -0.05) is 18.2 Å². The summed E-state index contributed by atoms with van der Waals surface area (Å²) in [5.41, 5.74) is 1.78. The predicted octanol–water partition coefficient (Wildman–Crippen LogP) is 3.36. The van der Waals surface area contributed by atoms with E-state index in [2.05, 4.69) is 14.8 Å². The lowest BCUT2D eigenvalue weighted by Gasteiger charge is -2.35. The second-order valence-electron chi connectivity index (χ2n) is 7.96. The highest BCUT2D eigenvalue weighted by Gasteiger charge is 2.21. The Morgan fingerprint density at radius 3 is 2.52 bits per heavy atom. The number of para-hydroxylation sites is 1. The molecule has 6 nitrogen and oxygen atoms in total. The quantitative estimate of drug-likeness (QED) is 0.535. The molecule has 1 aromatic heterocycles. The molecule has 0 bridgehead atoms. The lowest BCUT2D eigenvalue weighted by atomic mass is 10.0. The zero-order valence-corrected chi connectivity index (χ0v) is 18.1. The predicted molar refractivity (Wildman–Crippen MR) is 123 cm³/mol. The summed E-state index contributed by atoms with van der Waals surface area (Å²) in [6, 6.07) is 17.7. The van der Waals surface area contributed by atoms with Gasteiger partial charge < -0.3 is 19.5 Å². The van der Waals surface area contributed by atoms with Crippen LogP contribution in [0.5, 0.6) is 11.5 Å². The summed E-state index contributed by atoms with van der Waals surface area (Å²) in [4.78, 5) is 9.23. The van der Waals surface area contributed by atoms with Crippen molar-refractivity contribution in [2.75, 3.05) is 53.0 Å². The minimum atomic E-state index is -0.552. The Morgan fingerprint density at radius 1 is 0.968 bits per heavy atom. The number of piperazine rings is 1. The van der Waals surface area contributed by atoms with E-state index in [0.717, 1.165) is 73.7 Å². The van der Waals surface area contributed by atoms with Crippen molar-refractivity contribution in [1.82, 2.24) is 14.8 Å². The van der Waals surface area contributed by atoms with Gasteiger partial charge in [-0.05, 0) is 48.4 Å². The molecule has 2 aromatic carbocycles. The molecular formula is C25H31N3O3. The summed E-state index contributed by atoms with van der Waals surface area (Å²) in [7, 11) is 1.65. The fourth-order valence-corrected chi connectivity index (χ4v) is 4.10. The molecule has 1 saturated heterocycles. The number of hydrogen-bond acceptors (Lipinski definition) is 6. The van der Waals surface area contributed by atoms with E-state index in [1.165, 1.54) is 0 Å². The average Bonchev–Trinajstić information content (AvgIpc) is 2.82. The highest BCUT2D eigenvalue weighted by Crippen LogP contribution is 2.27. The summed E-state index contributed by atoms with van der Waals surface area (Å²) >= 11 is 0. The van der Waals surface area contributed by atoms with Crippen molar-refractivity contribution < 1.29 is 14.6 Å². The van der Waals surface area contributed by atoms with E-state index in [1.807, 2.05) is 54.6 Å². The van der Waals surface area contributed by atoms with Gasteiger partial charge in [0.1, 0.15) is 11.5 Å². The van der Waals surface area contributed by atoms with Crippen LogP contribution in [0.4, 0.5) is 0 Å². The number of hydrogen-bond donors (Lipinski definition) is 1. The first-order valence-corrected chi connectivity index (χ1v) is 11.0. The molecule has 0 amide bonds. The maximum Gasteiger partial charge on any atom is 0.119 e. The molecule has 164 valence electrons. The monoisotopic (exact) mass is 421 g/mol. The van der Waals surface area contributed by atoms with Gasteiger partial charge in [0.2, 0.25) is 0 Å². The molecule has 1 aliphatic rings. The van der Waals surface area contributed by atoms with Crippen LogP contribution in [0, 0.1) is 0 Å². The van der Waals surface area contributed by atoms with E-state index >= 15 is 0 Å². The van der Waals surface area contributed by atoms with Crippen LogP contribution in [-0.4, -0.2) is 72.9 Å². The van der Waals surface area contributed by atoms with Gasteiger partial charge in [0.15, 0.2) is 0 Å². The van der Waals surface area contributed by atoms with E-state index in [4.69, 9.17) is 9.47 Å². The molecule has 1 aliphatic heterocycles. The first-order chi connectivity index (χ1) is 15.2. The Morgan fingerprint density at radius 2 is 1.74 bits per heavy atom. The van der Waals surface area contributed by atoms with Crippen molar-refractivity contribution in [3.8, 4) is 11.5 Å². The third-order valence-electron chi connectivity index (χ3n) is 5.87. The maximum absolute atomic E-state index is 10.9. The SMILES string of the molecule is COc1ccc2nccc(C(O)CN3CCN(CCCOc4ccccc4)CC3)c2c1. The van der Waals surface area contributed by atoms with Crippen molar-refractivity contribution >= 4 is 10.9 Å². The van der Waals surface area contributed by atoms with Crippen LogP contribution in [-0.2, 0) is 0 Å². The summed E-state index contributed by atoms with van der Waals surface area (Å²) in [5, 5.41) is 11.9. The normalized spacial score (nSPS) is 16.3. The van der Waals surface area contributed by atoms with Crippen LogP contribution in [0.2, 0.25) is 0 Å². The second-order valence-corrected chi connectivity index (χ2v) is 7.96. The van der Waals surface area contributed by atoms with Crippen LogP contribution in [0.3, 0.4) is 0 Å². The summed E-state index contributed by atoms with van der Waals surface area (Å²) in [5.74, 6) is 1.71. The van der Waals surface area contributed by atoms with E-state index in [0.29, 0.717) is 6.54 Å². The molecule has 0 aliphatic carbocycles. The number of benzene rings is 2. The van der Waals surface area contributed by atoms with E-state index < -0.39 is 6.10 Å². The van der Waals surface area contributed by atoms with E-state index in [-0.39, 0.29) is 0 Å². The minimum absolute atomic E-state index is 0.552. The molecular weight excluding hydrogens is 390 g/mol. The minimum Gasteiger partial charge on any atom is -0.497 e. The smallest absolute Gasteiger partial charge is 0.119 e. The van der Waals surface area contributed by atoms with Crippen molar-refractivity contribution in [3.05, 3.63) is 66.4 Å². The molecule has 31 heavy (non-hydrogen) atoms. The number of β-amino-alcohol motifs (C(OH)–C–C–N with tert-alkyl or cyclic N) is 1. The van der Waals surface area contributed by atoms with E-state index in [1.54, 1.807) is 13.3 Å². The number of rotatable bonds is 9. The lowest BCUT2D eigenvalue weighted by Crippen LogP contribution is -2.47. The van der Waals surface area contributed by atoms with Crippen LogP contribution in [0.1, 0.15) is 18.1 Å². The number of aromatic nitrogens is 1. The first-order valence-electron chi connectivity index (χ1n) is 11.0. The zero-order chi connectivity index (χ0) is 21.5. The average molecular weight is 422 g/mol. The Kier molecular flexibility index (Phi) is 7.35. The van der Waals surface area contributed by atoms with Gasteiger partial charge >= 0.3 is 0 Å². The number of pyridine rings is 1. The molecule has 0 saturated carbocycles. The Hall–Kier alpha value is -2.67. The van der Waals surface area contributed by atoms with Gasteiger partial charge in [-0.15, -0.1) is 0 Å². The molecule has 1 fully saturated rings. The van der Waals surface area contributed by atoms with Gasteiger partial charge in [-0.3, -0.25) is 9.88 Å². The molecule has 0 spiro atoms.